The molecule has 0 radical (unpaired) electrons. The zero-order chi connectivity index (χ0) is 43.7. The van der Waals surface area contributed by atoms with Gasteiger partial charge >= 0.3 is 17.9 Å². The van der Waals surface area contributed by atoms with Crippen molar-refractivity contribution in [1.82, 2.24) is 0 Å². The molecule has 60 heavy (non-hydrogen) atoms. The summed E-state index contributed by atoms with van der Waals surface area (Å²) in [6, 6.07) is 0. The number of hydrogen-bond donors (Lipinski definition) is 0. The van der Waals surface area contributed by atoms with Crippen molar-refractivity contribution in [3.05, 3.63) is 72.9 Å². The molecule has 0 aliphatic carbocycles. The summed E-state index contributed by atoms with van der Waals surface area (Å²) >= 11 is 0. The third kappa shape index (κ3) is 45.9. The van der Waals surface area contributed by atoms with E-state index in [0.29, 0.717) is 19.3 Å². The van der Waals surface area contributed by atoms with Crippen LogP contribution in [0, 0.1) is 0 Å². The van der Waals surface area contributed by atoms with Gasteiger partial charge in [-0.3, -0.25) is 14.4 Å². The van der Waals surface area contributed by atoms with Gasteiger partial charge in [0.1, 0.15) is 13.2 Å². The summed E-state index contributed by atoms with van der Waals surface area (Å²) in [5.41, 5.74) is 0. The molecule has 0 saturated heterocycles. The van der Waals surface area contributed by atoms with Crippen molar-refractivity contribution in [3.8, 4) is 0 Å². The summed E-state index contributed by atoms with van der Waals surface area (Å²) < 4.78 is 16.8. The second kappa shape index (κ2) is 48.5. The predicted molar refractivity (Wildman–Crippen MR) is 256 cm³/mol. The second-order valence-electron chi connectivity index (χ2n) is 16.4. The Labute approximate surface area is 370 Å². The summed E-state index contributed by atoms with van der Waals surface area (Å²) in [4.78, 5) is 37.9. The lowest BCUT2D eigenvalue weighted by molar-refractivity contribution is -0.167. The highest BCUT2D eigenvalue weighted by molar-refractivity contribution is 5.71. The molecule has 0 rings (SSSR count). The average Bonchev–Trinajstić information content (AvgIpc) is 3.24. The number of carbonyl (C=O) groups is 3. The molecule has 0 aromatic rings. The van der Waals surface area contributed by atoms with Crippen LogP contribution in [0.4, 0.5) is 0 Å². The van der Waals surface area contributed by atoms with Gasteiger partial charge in [0.25, 0.3) is 0 Å². The van der Waals surface area contributed by atoms with Gasteiger partial charge in [-0.15, -0.1) is 0 Å². The third-order valence-corrected chi connectivity index (χ3v) is 10.5. The minimum atomic E-state index is -0.789. The summed E-state index contributed by atoms with van der Waals surface area (Å²) in [5, 5.41) is 0. The van der Waals surface area contributed by atoms with E-state index in [4.69, 9.17) is 14.2 Å². The summed E-state index contributed by atoms with van der Waals surface area (Å²) in [7, 11) is 0. The molecule has 0 saturated carbocycles. The number of carbonyl (C=O) groups excluding carboxylic acids is 3. The van der Waals surface area contributed by atoms with E-state index in [1.807, 2.05) is 0 Å². The standard InChI is InChI=1S/C54H92O6/c1-4-7-10-13-16-19-22-25-27-30-32-35-38-41-44-47-53(56)59-50-51(49-58-52(55)46-43-40-37-34-31-28-24-21-18-15-12-9-6-3)60-54(57)48-45-42-39-36-33-29-26-23-20-17-14-11-8-5-2/h7-8,10-11,13,16-17,19-20,22,26,29,51H,4-6,9,12,14-15,18,21,23-25,27-28,30-50H2,1-3H3/b10-7-,11-8-,16-13-,20-17-,22-19-,29-26-. The van der Waals surface area contributed by atoms with Crippen LogP contribution in [0.3, 0.4) is 0 Å². The molecule has 0 spiro atoms. The molecule has 0 N–H and O–H groups in total. The third-order valence-electron chi connectivity index (χ3n) is 10.5. The lowest BCUT2D eigenvalue weighted by atomic mass is 10.0. The molecule has 344 valence electrons. The highest BCUT2D eigenvalue weighted by Gasteiger charge is 2.19. The predicted octanol–water partition coefficient (Wildman–Crippen LogP) is 16.3. The van der Waals surface area contributed by atoms with Crippen molar-refractivity contribution >= 4 is 17.9 Å². The van der Waals surface area contributed by atoms with E-state index in [0.717, 1.165) is 103 Å². The van der Waals surface area contributed by atoms with Crippen LogP contribution < -0.4 is 0 Å². The first-order valence-electron chi connectivity index (χ1n) is 25.0. The van der Waals surface area contributed by atoms with Crippen molar-refractivity contribution < 1.29 is 28.6 Å². The monoisotopic (exact) mass is 837 g/mol. The molecule has 6 heteroatoms. The first-order valence-corrected chi connectivity index (χ1v) is 25.0. The Hall–Kier alpha value is -3.15. The number of ether oxygens (including phenoxy) is 3. The van der Waals surface area contributed by atoms with Crippen molar-refractivity contribution in [3.63, 3.8) is 0 Å². The van der Waals surface area contributed by atoms with Crippen LogP contribution >= 0.6 is 0 Å². The Kier molecular flexibility index (Phi) is 46.0. The molecule has 0 aromatic carbocycles. The molecule has 0 fully saturated rings. The van der Waals surface area contributed by atoms with E-state index in [1.165, 1.54) is 89.9 Å². The molecular weight excluding hydrogens is 745 g/mol. The smallest absolute Gasteiger partial charge is 0.306 e. The fourth-order valence-corrected chi connectivity index (χ4v) is 6.81. The minimum Gasteiger partial charge on any atom is -0.462 e. The Morgan fingerprint density at radius 1 is 0.367 bits per heavy atom. The normalized spacial score (nSPS) is 12.7. The lowest BCUT2D eigenvalue weighted by Crippen LogP contribution is -2.30. The Balaban J connectivity index is 4.43. The second-order valence-corrected chi connectivity index (χ2v) is 16.4. The fourth-order valence-electron chi connectivity index (χ4n) is 6.81. The van der Waals surface area contributed by atoms with Crippen LogP contribution in [0.2, 0.25) is 0 Å². The van der Waals surface area contributed by atoms with Gasteiger partial charge in [0.15, 0.2) is 6.10 Å². The van der Waals surface area contributed by atoms with Crippen molar-refractivity contribution in [1.29, 1.82) is 0 Å². The van der Waals surface area contributed by atoms with E-state index in [2.05, 4.69) is 93.7 Å². The van der Waals surface area contributed by atoms with Crippen LogP contribution in [-0.2, 0) is 28.6 Å². The average molecular weight is 837 g/mol. The number of hydrogen-bond acceptors (Lipinski definition) is 6. The van der Waals surface area contributed by atoms with Gasteiger partial charge in [-0.1, -0.05) is 216 Å². The van der Waals surface area contributed by atoms with E-state index in [-0.39, 0.29) is 31.1 Å². The first kappa shape index (κ1) is 56.9. The van der Waals surface area contributed by atoms with E-state index >= 15 is 0 Å². The fraction of sp³-hybridized carbons (Fsp3) is 0.722. The molecule has 0 aromatic heterocycles. The highest BCUT2D eigenvalue weighted by atomic mass is 16.6. The van der Waals surface area contributed by atoms with Crippen molar-refractivity contribution in [2.45, 2.75) is 239 Å². The lowest BCUT2D eigenvalue weighted by Gasteiger charge is -2.18. The van der Waals surface area contributed by atoms with Crippen LogP contribution in [0.25, 0.3) is 0 Å². The van der Waals surface area contributed by atoms with Crippen LogP contribution in [-0.4, -0.2) is 37.2 Å². The molecule has 0 aliphatic heterocycles. The van der Waals surface area contributed by atoms with Crippen molar-refractivity contribution in [2.75, 3.05) is 13.2 Å². The molecule has 0 aliphatic rings. The number of allylic oxidation sites excluding steroid dienone is 12. The van der Waals surface area contributed by atoms with Gasteiger partial charge in [0.05, 0.1) is 0 Å². The summed E-state index contributed by atoms with van der Waals surface area (Å²) in [6.45, 7) is 6.36. The molecule has 0 bridgehead atoms. The number of unbranched alkanes of at least 4 members (excludes halogenated alkanes) is 23. The first-order chi connectivity index (χ1) is 29.5. The van der Waals surface area contributed by atoms with Crippen LogP contribution in [0.15, 0.2) is 72.9 Å². The van der Waals surface area contributed by atoms with Gasteiger partial charge in [-0.2, -0.15) is 0 Å². The molecule has 1 unspecified atom stereocenters. The Bertz CT molecular complexity index is 1140. The van der Waals surface area contributed by atoms with Gasteiger partial charge in [0.2, 0.25) is 0 Å². The maximum Gasteiger partial charge on any atom is 0.306 e. The SMILES string of the molecule is CC\C=C/C=C\C=C/CCCCCCCCCC(=O)OCC(COC(=O)CCCCCCCCCCCCCCC)OC(=O)CCCCCC/C=C\C/C=C\C/C=C\CC. The Morgan fingerprint density at radius 2 is 0.733 bits per heavy atom. The van der Waals surface area contributed by atoms with Crippen LogP contribution in [0.1, 0.15) is 233 Å². The molecule has 0 heterocycles. The van der Waals surface area contributed by atoms with Gasteiger partial charge in [-0.25, -0.2) is 0 Å². The number of esters is 3. The van der Waals surface area contributed by atoms with E-state index in [1.54, 1.807) is 0 Å². The zero-order valence-corrected chi connectivity index (χ0v) is 39.2. The maximum atomic E-state index is 12.8. The van der Waals surface area contributed by atoms with Gasteiger partial charge < -0.3 is 14.2 Å². The number of rotatable bonds is 44. The molecule has 6 nitrogen and oxygen atoms in total. The van der Waals surface area contributed by atoms with Crippen LogP contribution in [0.5, 0.6) is 0 Å². The largest absolute Gasteiger partial charge is 0.462 e. The highest BCUT2D eigenvalue weighted by Crippen LogP contribution is 2.15. The molecule has 1 atom stereocenters. The maximum absolute atomic E-state index is 12.8. The van der Waals surface area contributed by atoms with Crippen molar-refractivity contribution in [2.24, 2.45) is 0 Å². The van der Waals surface area contributed by atoms with Gasteiger partial charge in [-0.05, 0) is 70.6 Å². The topological polar surface area (TPSA) is 78.9 Å². The summed E-state index contributed by atoms with van der Waals surface area (Å²) in [6.07, 6.45) is 60.2. The zero-order valence-electron chi connectivity index (χ0n) is 39.2. The molecule has 0 amide bonds. The Morgan fingerprint density at radius 3 is 1.20 bits per heavy atom. The molecular formula is C54H92O6. The van der Waals surface area contributed by atoms with E-state index in [9.17, 15) is 14.4 Å². The summed E-state index contributed by atoms with van der Waals surface area (Å²) in [5.74, 6) is -0.921. The quantitative estimate of drug-likeness (QED) is 0.0200. The van der Waals surface area contributed by atoms with E-state index < -0.39 is 6.10 Å². The minimum absolute atomic E-state index is 0.0872. The van der Waals surface area contributed by atoms with Gasteiger partial charge in [0, 0.05) is 19.3 Å².